The summed E-state index contributed by atoms with van der Waals surface area (Å²) in [6.07, 6.45) is 0. The van der Waals surface area contributed by atoms with Gasteiger partial charge in [-0.2, -0.15) is 0 Å². The molecule has 1 rings (SSSR count). The van der Waals surface area contributed by atoms with Crippen LogP contribution >= 0.6 is 11.6 Å². The number of halogens is 2. The van der Waals surface area contributed by atoms with E-state index in [1.165, 1.54) is 12.1 Å². The highest BCUT2D eigenvalue weighted by molar-refractivity contribution is 6.31. The van der Waals surface area contributed by atoms with E-state index in [1.54, 1.807) is 6.07 Å². The molecule has 16 heavy (non-hydrogen) atoms. The van der Waals surface area contributed by atoms with Crippen LogP contribution in [0.4, 0.5) is 4.39 Å². The van der Waals surface area contributed by atoms with E-state index in [1.807, 2.05) is 0 Å². The molecule has 0 amide bonds. The summed E-state index contributed by atoms with van der Waals surface area (Å²) >= 11 is 6.08. The van der Waals surface area contributed by atoms with Gasteiger partial charge in [-0.1, -0.05) is 32.4 Å². The van der Waals surface area contributed by atoms with Gasteiger partial charge in [0.05, 0.1) is 0 Å². The molecule has 0 saturated heterocycles. The lowest BCUT2D eigenvalue weighted by molar-refractivity contribution is 0.452. The van der Waals surface area contributed by atoms with E-state index in [4.69, 9.17) is 11.6 Å². The minimum absolute atomic E-state index is 0.220. The summed E-state index contributed by atoms with van der Waals surface area (Å²) in [4.78, 5) is 0. The third-order valence-corrected chi connectivity index (χ3v) is 3.36. The highest BCUT2D eigenvalue weighted by Gasteiger charge is 2.17. The molecule has 0 heterocycles. The lowest BCUT2D eigenvalue weighted by Gasteiger charge is -2.21. The van der Waals surface area contributed by atoms with Crippen molar-refractivity contribution < 1.29 is 4.39 Å². The maximum Gasteiger partial charge on any atom is 0.123 e. The van der Waals surface area contributed by atoms with Crippen molar-refractivity contribution in [3.05, 3.63) is 34.6 Å². The molecule has 1 N–H and O–H groups in total. The molecular formula is C13H19ClFN. The minimum Gasteiger partial charge on any atom is -0.317 e. The van der Waals surface area contributed by atoms with Crippen molar-refractivity contribution >= 4 is 11.6 Å². The molecular weight excluding hydrogens is 225 g/mol. The zero-order valence-corrected chi connectivity index (χ0v) is 10.8. The van der Waals surface area contributed by atoms with Gasteiger partial charge in [0, 0.05) is 5.02 Å². The van der Waals surface area contributed by atoms with Crippen molar-refractivity contribution in [3.63, 3.8) is 0 Å². The Morgan fingerprint density at radius 3 is 2.69 bits per heavy atom. The standard InChI is InChI=1S/C13H19ClFN/c1-4-16-8-9(2)10(3)12-7-11(15)5-6-13(12)14/h5-7,9-10,16H,4,8H2,1-3H3. The van der Waals surface area contributed by atoms with Crippen molar-refractivity contribution in [2.75, 3.05) is 13.1 Å². The number of hydrogen-bond acceptors (Lipinski definition) is 1. The average molecular weight is 244 g/mol. The summed E-state index contributed by atoms with van der Waals surface area (Å²) in [7, 11) is 0. The van der Waals surface area contributed by atoms with Gasteiger partial charge in [-0.15, -0.1) is 0 Å². The Balaban J connectivity index is 2.78. The molecule has 2 unspecified atom stereocenters. The topological polar surface area (TPSA) is 12.0 Å². The third-order valence-electron chi connectivity index (χ3n) is 3.02. The van der Waals surface area contributed by atoms with Gasteiger partial charge in [0.25, 0.3) is 0 Å². The summed E-state index contributed by atoms with van der Waals surface area (Å²) in [6.45, 7) is 8.18. The van der Waals surface area contributed by atoms with Crippen LogP contribution in [0.2, 0.25) is 5.02 Å². The number of rotatable bonds is 5. The Bertz CT molecular complexity index is 341. The lowest BCUT2D eigenvalue weighted by Crippen LogP contribution is -2.24. The fraction of sp³-hybridized carbons (Fsp3) is 0.538. The first kappa shape index (κ1) is 13.5. The van der Waals surface area contributed by atoms with E-state index in [9.17, 15) is 4.39 Å². The minimum atomic E-state index is -0.220. The Hall–Kier alpha value is -0.600. The van der Waals surface area contributed by atoms with E-state index >= 15 is 0 Å². The summed E-state index contributed by atoms with van der Waals surface area (Å²) < 4.78 is 13.1. The molecule has 90 valence electrons. The number of benzene rings is 1. The fourth-order valence-electron chi connectivity index (χ4n) is 1.72. The molecule has 0 aliphatic rings. The predicted octanol–water partition coefficient (Wildman–Crippen LogP) is 3.83. The molecule has 1 aromatic carbocycles. The van der Waals surface area contributed by atoms with Crippen molar-refractivity contribution in [1.82, 2.24) is 5.32 Å². The van der Waals surface area contributed by atoms with Crippen LogP contribution in [0.5, 0.6) is 0 Å². The fourth-order valence-corrected chi connectivity index (χ4v) is 2.01. The molecule has 3 heteroatoms. The molecule has 0 spiro atoms. The summed E-state index contributed by atoms with van der Waals surface area (Å²) in [6, 6.07) is 4.56. The Morgan fingerprint density at radius 1 is 1.38 bits per heavy atom. The summed E-state index contributed by atoms with van der Waals surface area (Å²) in [5, 5.41) is 3.95. The van der Waals surface area contributed by atoms with Gasteiger partial charge < -0.3 is 5.32 Å². The van der Waals surface area contributed by atoms with E-state index in [-0.39, 0.29) is 11.7 Å². The van der Waals surface area contributed by atoms with Crippen molar-refractivity contribution in [1.29, 1.82) is 0 Å². The summed E-state index contributed by atoms with van der Waals surface area (Å²) in [5.74, 6) is 0.461. The van der Waals surface area contributed by atoms with Gasteiger partial charge in [-0.3, -0.25) is 0 Å². The van der Waals surface area contributed by atoms with Crippen LogP contribution in [0.1, 0.15) is 32.3 Å². The van der Waals surface area contributed by atoms with Crippen LogP contribution in [0, 0.1) is 11.7 Å². The molecule has 1 aromatic rings. The molecule has 0 aliphatic carbocycles. The predicted molar refractivity (Wildman–Crippen MR) is 67.5 cm³/mol. The molecule has 2 atom stereocenters. The van der Waals surface area contributed by atoms with Crippen molar-refractivity contribution in [3.8, 4) is 0 Å². The monoisotopic (exact) mass is 243 g/mol. The second-order valence-electron chi connectivity index (χ2n) is 4.24. The summed E-state index contributed by atoms with van der Waals surface area (Å²) in [5.41, 5.74) is 0.895. The maximum absolute atomic E-state index is 13.1. The first-order valence-corrected chi connectivity index (χ1v) is 6.09. The maximum atomic E-state index is 13.1. The number of nitrogens with one attached hydrogen (secondary N) is 1. The normalized spacial score (nSPS) is 14.8. The molecule has 0 aromatic heterocycles. The van der Waals surface area contributed by atoms with Crippen LogP contribution in [-0.4, -0.2) is 13.1 Å². The second-order valence-corrected chi connectivity index (χ2v) is 4.65. The van der Waals surface area contributed by atoms with Gasteiger partial charge in [0.2, 0.25) is 0 Å². The van der Waals surface area contributed by atoms with Gasteiger partial charge in [-0.25, -0.2) is 4.39 Å². The Labute approximate surface area is 102 Å². The van der Waals surface area contributed by atoms with Crippen LogP contribution in [-0.2, 0) is 0 Å². The number of hydrogen-bond donors (Lipinski definition) is 1. The largest absolute Gasteiger partial charge is 0.317 e. The Morgan fingerprint density at radius 2 is 2.06 bits per heavy atom. The van der Waals surface area contributed by atoms with Crippen molar-refractivity contribution in [2.24, 2.45) is 5.92 Å². The zero-order valence-electron chi connectivity index (χ0n) is 10.1. The smallest absolute Gasteiger partial charge is 0.123 e. The highest BCUT2D eigenvalue weighted by Crippen LogP contribution is 2.30. The molecule has 0 radical (unpaired) electrons. The zero-order chi connectivity index (χ0) is 12.1. The van der Waals surface area contributed by atoms with E-state index < -0.39 is 0 Å². The lowest BCUT2D eigenvalue weighted by atomic mass is 9.89. The average Bonchev–Trinajstić information content (AvgIpc) is 2.28. The molecule has 0 bridgehead atoms. The van der Waals surface area contributed by atoms with Crippen LogP contribution in [0.3, 0.4) is 0 Å². The SMILES string of the molecule is CCNCC(C)C(C)c1cc(F)ccc1Cl. The molecule has 0 saturated carbocycles. The van der Waals surface area contributed by atoms with Gasteiger partial charge in [0.15, 0.2) is 0 Å². The van der Waals surface area contributed by atoms with E-state index in [2.05, 4.69) is 26.1 Å². The van der Waals surface area contributed by atoms with E-state index in [0.717, 1.165) is 18.7 Å². The van der Waals surface area contributed by atoms with Gasteiger partial charge >= 0.3 is 0 Å². The first-order chi connectivity index (χ1) is 7.56. The molecule has 0 fully saturated rings. The Kier molecular flexibility index (Phi) is 5.23. The quantitative estimate of drug-likeness (QED) is 0.829. The van der Waals surface area contributed by atoms with E-state index in [0.29, 0.717) is 10.9 Å². The second kappa shape index (κ2) is 6.21. The third kappa shape index (κ3) is 3.46. The van der Waals surface area contributed by atoms with Gasteiger partial charge in [0.1, 0.15) is 5.82 Å². The van der Waals surface area contributed by atoms with Crippen molar-refractivity contribution in [2.45, 2.75) is 26.7 Å². The van der Waals surface area contributed by atoms with Crippen LogP contribution < -0.4 is 5.32 Å². The molecule has 0 aliphatic heterocycles. The van der Waals surface area contributed by atoms with Crippen LogP contribution in [0.25, 0.3) is 0 Å². The van der Waals surface area contributed by atoms with Crippen LogP contribution in [0.15, 0.2) is 18.2 Å². The first-order valence-electron chi connectivity index (χ1n) is 5.72. The van der Waals surface area contributed by atoms with Gasteiger partial charge in [-0.05, 0) is 48.7 Å². The molecule has 1 nitrogen and oxygen atoms in total. The highest BCUT2D eigenvalue weighted by atomic mass is 35.5.